The first kappa shape index (κ1) is 32.1. The molecule has 44 heavy (non-hydrogen) atoms. The van der Waals surface area contributed by atoms with E-state index in [0.717, 1.165) is 54.3 Å². The quantitative estimate of drug-likeness (QED) is 0.261. The monoisotopic (exact) mass is 621 g/mol. The Balaban J connectivity index is 1.43. The summed E-state index contributed by atoms with van der Waals surface area (Å²) in [5.41, 5.74) is 2.72. The minimum absolute atomic E-state index is 0.0202. The summed E-state index contributed by atoms with van der Waals surface area (Å²) in [6.07, 6.45) is 4.88. The first-order valence-electron chi connectivity index (χ1n) is 15.7. The van der Waals surface area contributed by atoms with Crippen LogP contribution in [-0.4, -0.2) is 74.1 Å². The largest absolute Gasteiger partial charge is 0.497 e. The number of ether oxygens (including phenoxy) is 3. The molecule has 10 nitrogen and oxygen atoms in total. The highest BCUT2D eigenvalue weighted by Crippen LogP contribution is 2.47. The SMILES string of the molecule is COc1ccc([Si](C)(C)C(CCn2cc(CCO)nn2)[C@@H]2Oc3ccc(NC(=O)C4CCCNC4)cc3[C@H](OC)[C@H]2C)cc1. The fourth-order valence-electron chi connectivity index (χ4n) is 6.89. The molecule has 0 spiro atoms. The number of benzene rings is 2. The Bertz CT molecular complexity index is 1390. The van der Waals surface area contributed by atoms with Crippen molar-refractivity contribution in [3.05, 3.63) is 59.9 Å². The van der Waals surface area contributed by atoms with Gasteiger partial charge in [0.1, 0.15) is 17.6 Å². The second-order valence-corrected chi connectivity index (χ2v) is 17.4. The first-order chi connectivity index (χ1) is 21.2. The van der Waals surface area contributed by atoms with Gasteiger partial charge in [0.05, 0.1) is 32.9 Å². The fraction of sp³-hybridized carbons (Fsp3) is 0.545. The second-order valence-electron chi connectivity index (χ2n) is 12.7. The predicted molar refractivity (Wildman–Crippen MR) is 173 cm³/mol. The number of hydrogen-bond donors (Lipinski definition) is 3. The fourth-order valence-corrected chi connectivity index (χ4v) is 10.4. The van der Waals surface area contributed by atoms with Crippen LogP contribution in [0.25, 0.3) is 0 Å². The lowest BCUT2D eigenvalue weighted by Crippen LogP contribution is -2.54. The third-order valence-electron chi connectivity index (χ3n) is 9.55. The number of hydrogen-bond acceptors (Lipinski definition) is 8. The third kappa shape index (κ3) is 7.01. The highest BCUT2D eigenvalue weighted by molar-refractivity contribution is 6.91. The van der Waals surface area contributed by atoms with Gasteiger partial charge in [-0.05, 0) is 61.7 Å². The number of methoxy groups -OCH3 is 2. The average molecular weight is 622 g/mol. The molecule has 2 unspecified atom stereocenters. The van der Waals surface area contributed by atoms with Gasteiger partial charge in [-0.2, -0.15) is 0 Å². The molecule has 0 bridgehead atoms. The normalized spacial score (nSPS) is 22.5. The maximum absolute atomic E-state index is 13.0. The number of nitrogens with one attached hydrogen (secondary N) is 2. The van der Waals surface area contributed by atoms with E-state index in [0.29, 0.717) is 19.5 Å². The van der Waals surface area contributed by atoms with Crippen molar-refractivity contribution < 1.29 is 24.1 Å². The maximum atomic E-state index is 13.0. The molecule has 1 fully saturated rings. The number of amides is 1. The van der Waals surface area contributed by atoms with Gasteiger partial charge in [0.2, 0.25) is 5.91 Å². The summed E-state index contributed by atoms with van der Waals surface area (Å²) in [5, 5.41) is 25.7. The number of aliphatic hydroxyl groups is 1. The van der Waals surface area contributed by atoms with Gasteiger partial charge in [-0.3, -0.25) is 9.48 Å². The molecule has 2 aliphatic heterocycles. The molecular formula is C33H47N5O5Si. The Kier molecular flexibility index (Phi) is 10.4. The average Bonchev–Trinajstić information content (AvgIpc) is 3.49. The summed E-state index contributed by atoms with van der Waals surface area (Å²) >= 11 is 0. The summed E-state index contributed by atoms with van der Waals surface area (Å²) in [5.74, 6) is 1.72. The van der Waals surface area contributed by atoms with Gasteiger partial charge >= 0.3 is 0 Å². The molecule has 2 aromatic carbocycles. The van der Waals surface area contributed by atoms with E-state index in [1.165, 1.54) is 5.19 Å². The molecule has 5 atom stereocenters. The molecule has 0 aliphatic carbocycles. The number of aliphatic hydroxyl groups excluding tert-OH is 1. The number of aromatic nitrogens is 3. The summed E-state index contributed by atoms with van der Waals surface area (Å²) in [7, 11) is 1.29. The molecule has 3 aromatic rings. The lowest BCUT2D eigenvalue weighted by Gasteiger charge is -2.46. The number of aryl methyl sites for hydroxylation is 1. The summed E-state index contributed by atoms with van der Waals surface area (Å²) in [4.78, 5) is 13.0. The highest BCUT2D eigenvalue weighted by atomic mass is 28.3. The van der Waals surface area contributed by atoms with Crippen molar-refractivity contribution in [2.45, 2.75) is 70.0 Å². The van der Waals surface area contributed by atoms with Crippen LogP contribution in [-0.2, 0) is 22.5 Å². The molecule has 1 saturated heterocycles. The Morgan fingerprint density at radius 1 is 1.23 bits per heavy atom. The zero-order valence-corrected chi connectivity index (χ0v) is 27.6. The van der Waals surface area contributed by atoms with Crippen LogP contribution in [0.4, 0.5) is 5.69 Å². The van der Waals surface area contributed by atoms with Crippen LogP contribution >= 0.6 is 0 Å². The van der Waals surface area contributed by atoms with Gasteiger partial charge in [0.25, 0.3) is 0 Å². The summed E-state index contributed by atoms with van der Waals surface area (Å²) < 4.78 is 20.4. The number of anilines is 1. The van der Waals surface area contributed by atoms with Crippen LogP contribution in [0, 0.1) is 11.8 Å². The molecule has 5 rings (SSSR count). The molecule has 3 N–H and O–H groups in total. The van der Waals surface area contributed by atoms with Crippen molar-refractivity contribution in [3.63, 3.8) is 0 Å². The molecule has 1 amide bonds. The molecule has 2 aliphatic rings. The van der Waals surface area contributed by atoms with Crippen molar-refractivity contribution >= 4 is 24.9 Å². The summed E-state index contributed by atoms with van der Waals surface area (Å²) in [6.45, 7) is 9.44. The third-order valence-corrected chi connectivity index (χ3v) is 13.8. The lowest BCUT2D eigenvalue weighted by molar-refractivity contribution is -0.120. The predicted octanol–water partition coefficient (Wildman–Crippen LogP) is 3.92. The van der Waals surface area contributed by atoms with Crippen molar-refractivity contribution in [1.29, 1.82) is 0 Å². The Labute approximate surface area is 261 Å². The van der Waals surface area contributed by atoms with E-state index >= 15 is 0 Å². The Morgan fingerprint density at radius 3 is 2.70 bits per heavy atom. The van der Waals surface area contributed by atoms with Crippen molar-refractivity contribution in [3.8, 4) is 11.5 Å². The highest BCUT2D eigenvalue weighted by Gasteiger charge is 2.47. The number of carbonyl (C=O) groups is 1. The second kappa shape index (κ2) is 14.2. The van der Waals surface area contributed by atoms with E-state index < -0.39 is 8.07 Å². The minimum Gasteiger partial charge on any atom is -0.497 e. The Morgan fingerprint density at radius 2 is 2.02 bits per heavy atom. The zero-order chi connectivity index (χ0) is 31.3. The number of rotatable bonds is 12. The zero-order valence-electron chi connectivity index (χ0n) is 26.6. The van der Waals surface area contributed by atoms with Gasteiger partial charge in [-0.25, -0.2) is 0 Å². The van der Waals surface area contributed by atoms with Gasteiger partial charge in [0.15, 0.2) is 0 Å². The van der Waals surface area contributed by atoms with Crippen LogP contribution in [0.1, 0.15) is 43.5 Å². The van der Waals surface area contributed by atoms with E-state index in [-0.39, 0.29) is 42.1 Å². The van der Waals surface area contributed by atoms with E-state index in [1.807, 2.05) is 41.2 Å². The van der Waals surface area contributed by atoms with Crippen LogP contribution in [0.15, 0.2) is 48.7 Å². The number of carbonyl (C=O) groups excluding carboxylic acids is 1. The molecule has 0 saturated carbocycles. The summed E-state index contributed by atoms with van der Waals surface area (Å²) in [6, 6.07) is 14.4. The first-order valence-corrected chi connectivity index (χ1v) is 18.8. The number of fused-ring (bicyclic) bond motifs is 1. The van der Waals surface area contributed by atoms with Crippen molar-refractivity contribution in [2.75, 3.05) is 39.2 Å². The number of piperidine rings is 1. The van der Waals surface area contributed by atoms with Crippen molar-refractivity contribution in [2.24, 2.45) is 11.8 Å². The minimum atomic E-state index is -2.15. The smallest absolute Gasteiger partial charge is 0.228 e. The van der Waals surface area contributed by atoms with E-state index in [2.05, 4.69) is 53.1 Å². The topological polar surface area (TPSA) is 120 Å². The Hall–Kier alpha value is -3.25. The molecule has 11 heteroatoms. The molecule has 1 aromatic heterocycles. The molecule has 3 heterocycles. The van der Waals surface area contributed by atoms with E-state index in [9.17, 15) is 9.90 Å². The maximum Gasteiger partial charge on any atom is 0.228 e. The van der Waals surface area contributed by atoms with Gasteiger partial charge in [0, 0.05) is 56.6 Å². The van der Waals surface area contributed by atoms with Crippen LogP contribution < -0.4 is 25.3 Å². The van der Waals surface area contributed by atoms with Crippen LogP contribution in [0.5, 0.6) is 11.5 Å². The van der Waals surface area contributed by atoms with Crippen molar-refractivity contribution in [1.82, 2.24) is 20.3 Å². The van der Waals surface area contributed by atoms with Crippen LogP contribution in [0.2, 0.25) is 18.6 Å². The van der Waals surface area contributed by atoms with E-state index in [1.54, 1.807) is 14.2 Å². The lowest BCUT2D eigenvalue weighted by atomic mass is 9.86. The van der Waals surface area contributed by atoms with Crippen LogP contribution in [0.3, 0.4) is 0 Å². The molecule has 238 valence electrons. The molecular weight excluding hydrogens is 574 g/mol. The molecule has 0 radical (unpaired) electrons. The van der Waals surface area contributed by atoms with E-state index in [4.69, 9.17) is 14.2 Å². The number of nitrogens with zero attached hydrogens (tertiary/aromatic N) is 3. The standard InChI is InChI=1S/C33H47N5O5Si/c1-22-31(42-3)28-19-24(35-33(40)23-7-6-16-34-20-23)8-13-29(28)43-32(22)30(14-17-38-21-25(15-18-39)36-37-38)44(4,5)27-11-9-26(41-2)10-12-27/h8-13,19,21-23,30-32,34,39H,6-7,14-18,20H2,1-5H3,(H,35,40)/t22-,23?,30?,31-,32-/m1/s1. The van der Waals surface area contributed by atoms with Gasteiger partial charge in [-0.15, -0.1) is 5.10 Å². The van der Waals surface area contributed by atoms with Gasteiger partial charge < -0.3 is 30.0 Å². The van der Waals surface area contributed by atoms with Gasteiger partial charge in [-0.1, -0.05) is 42.6 Å².